The standard InChI is InChI=1S/C18H17BrN4O2/c1-22(2)18(25)16-14(10-23(3)21-16)20-17(24)12-8-4-6-11-7-5-9-13(19)15(11)12/h4-10H,1-3H3,(H,20,24). The van der Waals surface area contributed by atoms with Gasteiger partial charge >= 0.3 is 0 Å². The van der Waals surface area contributed by atoms with Crippen LogP contribution in [-0.4, -0.2) is 40.6 Å². The predicted octanol–water partition coefficient (Wildman–Crippen LogP) is 3.29. The third-order valence-corrected chi connectivity index (χ3v) is 4.45. The smallest absolute Gasteiger partial charge is 0.276 e. The number of fused-ring (bicyclic) bond motifs is 1. The van der Waals surface area contributed by atoms with Crippen molar-refractivity contribution in [2.24, 2.45) is 7.05 Å². The Morgan fingerprint density at radius 2 is 1.84 bits per heavy atom. The summed E-state index contributed by atoms with van der Waals surface area (Å²) in [6.45, 7) is 0. The van der Waals surface area contributed by atoms with Crippen LogP contribution in [0.3, 0.4) is 0 Å². The van der Waals surface area contributed by atoms with E-state index in [1.54, 1.807) is 33.4 Å². The largest absolute Gasteiger partial charge is 0.343 e. The molecule has 25 heavy (non-hydrogen) atoms. The molecule has 1 aromatic heterocycles. The number of benzene rings is 2. The molecule has 2 amide bonds. The minimum absolute atomic E-state index is 0.208. The van der Waals surface area contributed by atoms with E-state index in [4.69, 9.17) is 0 Å². The van der Waals surface area contributed by atoms with Gasteiger partial charge in [-0.1, -0.05) is 40.2 Å². The Balaban J connectivity index is 2.01. The van der Waals surface area contributed by atoms with Crippen molar-refractivity contribution in [3.63, 3.8) is 0 Å². The molecule has 0 radical (unpaired) electrons. The topological polar surface area (TPSA) is 67.2 Å². The molecule has 3 rings (SSSR count). The van der Waals surface area contributed by atoms with Crippen LogP contribution in [0.15, 0.2) is 47.1 Å². The van der Waals surface area contributed by atoms with E-state index < -0.39 is 0 Å². The number of carbonyl (C=O) groups is 2. The van der Waals surface area contributed by atoms with Crippen LogP contribution in [0.4, 0.5) is 5.69 Å². The van der Waals surface area contributed by atoms with Crippen LogP contribution < -0.4 is 5.32 Å². The van der Waals surface area contributed by atoms with Crippen molar-refractivity contribution in [1.29, 1.82) is 0 Å². The van der Waals surface area contributed by atoms with Gasteiger partial charge in [0.1, 0.15) is 0 Å². The highest BCUT2D eigenvalue weighted by atomic mass is 79.9. The number of halogens is 1. The Labute approximate surface area is 153 Å². The van der Waals surface area contributed by atoms with Gasteiger partial charge in [-0.25, -0.2) is 0 Å². The number of anilines is 1. The fourth-order valence-corrected chi connectivity index (χ4v) is 3.22. The SMILES string of the molecule is CN(C)C(=O)c1nn(C)cc1NC(=O)c1cccc2cccc(Br)c12. The van der Waals surface area contributed by atoms with Gasteiger partial charge in [0.25, 0.3) is 11.8 Å². The van der Waals surface area contributed by atoms with Gasteiger partial charge in [-0.15, -0.1) is 0 Å². The van der Waals surface area contributed by atoms with Crippen LogP contribution in [0.25, 0.3) is 10.8 Å². The summed E-state index contributed by atoms with van der Waals surface area (Å²) in [4.78, 5) is 26.5. The Bertz CT molecular complexity index is 973. The van der Waals surface area contributed by atoms with Gasteiger partial charge in [0, 0.05) is 42.8 Å². The number of amides is 2. The monoisotopic (exact) mass is 400 g/mol. The van der Waals surface area contributed by atoms with Gasteiger partial charge in [-0.2, -0.15) is 5.10 Å². The second-order valence-corrected chi connectivity index (χ2v) is 6.72. The molecule has 0 aliphatic rings. The van der Waals surface area contributed by atoms with Crippen molar-refractivity contribution >= 4 is 44.2 Å². The molecular formula is C18H17BrN4O2. The molecule has 1 N–H and O–H groups in total. The molecule has 0 atom stereocenters. The lowest BCUT2D eigenvalue weighted by molar-refractivity contribution is 0.0822. The van der Waals surface area contributed by atoms with Crippen LogP contribution in [0.5, 0.6) is 0 Å². The van der Waals surface area contributed by atoms with E-state index in [0.717, 1.165) is 15.2 Å². The second kappa shape index (κ2) is 6.68. The minimum Gasteiger partial charge on any atom is -0.343 e. The van der Waals surface area contributed by atoms with Crippen LogP contribution in [0.2, 0.25) is 0 Å². The summed E-state index contributed by atoms with van der Waals surface area (Å²) in [5.74, 6) is -0.562. The van der Waals surface area contributed by atoms with Gasteiger partial charge in [-0.05, 0) is 17.5 Å². The zero-order chi connectivity index (χ0) is 18.1. The lowest BCUT2D eigenvalue weighted by Gasteiger charge is -2.11. The molecule has 1 heterocycles. The highest BCUT2D eigenvalue weighted by molar-refractivity contribution is 9.10. The van der Waals surface area contributed by atoms with Crippen LogP contribution in [0, 0.1) is 0 Å². The molecule has 3 aromatic rings. The summed E-state index contributed by atoms with van der Waals surface area (Å²) in [7, 11) is 4.99. The minimum atomic E-state index is -0.293. The van der Waals surface area contributed by atoms with Crippen LogP contribution in [0.1, 0.15) is 20.8 Å². The normalized spacial score (nSPS) is 10.7. The quantitative estimate of drug-likeness (QED) is 0.733. The fourth-order valence-electron chi connectivity index (χ4n) is 2.62. The molecule has 7 heteroatoms. The Kier molecular flexibility index (Phi) is 4.59. The van der Waals surface area contributed by atoms with E-state index in [0.29, 0.717) is 11.3 Å². The third kappa shape index (κ3) is 3.28. The molecule has 0 unspecified atom stereocenters. The maximum Gasteiger partial charge on any atom is 0.276 e. The molecule has 0 aliphatic carbocycles. The number of hydrogen-bond acceptors (Lipinski definition) is 3. The number of hydrogen-bond donors (Lipinski definition) is 1. The fraction of sp³-hybridized carbons (Fsp3) is 0.167. The van der Waals surface area contributed by atoms with Crippen molar-refractivity contribution in [3.05, 3.63) is 58.3 Å². The van der Waals surface area contributed by atoms with Gasteiger partial charge < -0.3 is 10.2 Å². The van der Waals surface area contributed by atoms with Crippen LogP contribution in [-0.2, 0) is 7.05 Å². The number of aryl methyl sites for hydroxylation is 1. The molecular weight excluding hydrogens is 384 g/mol. The molecule has 0 saturated carbocycles. The number of nitrogens with one attached hydrogen (secondary N) is 1. The van der Waals surface area contributed by atoms with Gasteiger partial charge in [0.2, 0.25) is 0 Å². The van der Waals surface area contributed by atoms with E-state index in [2.05, 4.69) is 26.3 Å². The van der Waals surface area contributed by atoms with E-state index in [1.165, 1.54) is 9.58 Å². The predicted molar refractivity (Wildman–Crippen MR) is 101 cm³/mol. The Hall–Kier alpha value is -2.67. The van der Waals surface area contributed by atoms with Crippen LogP contribution >= 0.6 is 15.9 Å². The van der Waals surface area contributed by atoms with E-state index in [1.807, 2.05) is 30.3 Å². The first kappa shape index (κ1) is 17.2. The second-order valence-electron chi connectivity index (χ2n) is 5.86. The summed E-state index contributed by atoms with van der Waals surface area (Å²) in [6.07, 6.45) is 1.62. The highest BCUT2D eigenvalue weighted by Gasteiger charge is 2.21. The Morgan fingerprint density at radius 1 is 1.16 bits per heavy atom. The number of rotatable bonds is 3. The first-order chi connectivity index (χ1) is 11.9. The van der Waals surface area contributed by atoms with Crippen molar-refractivity contribution in [2.75, 3.05) is 19.4 Å². The molecule has 0 spiro atoms. The average Bonchev–Trinajstić information content (AvgIpc) is 2.94. The van der Waals surface area contributed by atoms with Crippen molar-refractivity contribution in [1.82, 2.24) is 14.7 Å². The molecule has 0 bridgehead atoms. The molecule has 6 nitrogen and oxygen atoms in total. The summed E-state index contributed by atoms with van der Waals surface area (Å²) in [6, 6.07) is 11.3. The average molecular weight is 401 g/mol. The lowest BCUT2D eigenvalue weighted by atomic mass is 10.0. The van der Waals surface area contributed by atoms with Crippen molar-refractivity contribution < 1.29 is 9.59 Å². The summed E-state index contributed by atoms with van der Waals surface area (Å²) >= 11 is 3.51. The van der Waals surface area contributed by atoms with Gasteiger partial charge in [0.15, 0.2) is 5.69 Å². The summed E-state index contributed by atoms with van der Waals surface area (Å²) in [5, 5.41) is 8.75. The Morgan fingerprint density at radius 3 is 2.52 bits per heavy atom. The number of aromatic nitrogens is 2. The molecule has 128 valence electrons. The lowest BCUT2D eigenvalue weighted by Crippen LogP contribution is -2.24. The molecule has 2 aromatic carbocycles. The maximum atomic E-state index is 12.8. The first-order valence-corrected chi connectivity index (χ1v) is 8.41. The van der Waals surface area contributed by atoms with Gasteiger partial charge in [0.05, 0.1) is 5.69 Å². The van der Waals surface area contributed by atoms with E-state index in [9.17, 15) is 9.59 Å². The molecule has 0 saturated heterocycles. The zero-order valence-corrected chi connectivity index (χ0v) is 15.7. The number of nitrogens with zero attached hydrogens (tertiary/aromatic N) is 3. The van der Waals surface area contributed by atoms with Crippen molar-refractivity contribution in [3.8, 4) is 0 Å². The van der Waals surface area contributed by atoms with Gasteiger partial charge in [-0.3, -0.25) is 14.3 Å². The van der Waals surface area contributed by atoms with E-state index >= 15 is 0 Å². The third-order valence-electron chi connectivity index (χ3n) is 3.78. The molecule has 0 fully saturated rings. The highest BCUT2D eigenvalue weighted by Crippen LogP contribution is 2.28. The van der Waals surface area contributed by atoms with Crippen molar-refractivity contribution in [2.45, 2.75) is 0 Å². The number of carbonyl (C=O) groups excluding carboxylic acids is 2. The zero-order valence-electron chi connectivity index (χ0n) is 14.1. The summed E-state index contributed by atoms with van der Waals surface area (Å²) in [5.41, 5.74) is 1.12. The summed E-state index contributed by atoms with van der Waals surface area (Å²) < 4.78 is 2.34. The van der Waals surface area contributed by atoms with E-state index in [-0.39, 0.29) is 17.5 Å². The first-order valence-electron chi connectivity index (χ1n) is 7.62. The maximum absolute atomic E-state index is 12.8. The molecule has 0 aliphatic heterocycles.